The number of nitrogens with zero attached hydrogens (tertiary/aromatic N) is 1. The molecule has 84 valence electrons. The molecule has 1 unspecified atom stereocenters. The monoisotopic (exact) mass is 235 g/mol. The Hall–Kier alpha value is -1.42. The highest BCUT2D eigenvalue weighted by Gasteiger charge is 2.32. The SMILES string of the molecule is CC1=CC(=O)N(C(C)Cc2cccs2)C1=O. The molecule has 1 aromatic heterocycles. The lowest BCUT2D eigenvalue weighted by Crippen LogP contribution is -2.39. The standard InChI is InChI=1S/C12H13NO2S/c1-8-6-11(14)13(12(8)15)9(2)7-10-4-3-5-16-10/h3-6,9H,7H2,1-2H3. The minimum absolute atomic E-state index is 0.0765. The zero-order valence-electron chi connectivity index (χ0n) is 9.27. The van der Waals surface area contributed by atoms with E-state index in [1.807, 2.05) is 24.4 Å². The summed E-state index contributed by atoms with van der Waals surface area (Å²) in [5, 5.41) is 2.00. The van der Waals surface area contributed by atoms with Crippen LogP contribution in [0, 0.1) is 0 Å². The summed E-state index contributed by atoms with van der Waals surface area (Å²) in [6.45, 7) is 3.58. The second kappa shape index (κ2) is 4.22. The van der Waals surface area contributed by atoms with Gasteiger partial charge in [0.1, 0.15) is 0 Å². The van der Waals surface area contributed by atoms with Gasteiger partial charge in [-0.3, -0.25) is 14.5 Å². The zero-order chi connectivity index (χ0) is 11.7. The molecule has 0 N–H and O–H groups in total. The lowest BCUT2D eigenvalue weighted by Gasteiger charge is -2.22. The van der Waals surface area contributed by atoms with Gasteiger partial charge < -0.3 is 0 Å². The number of hydrogen-bond donors (Lipinski definition) is 0. The molecule has 4 heteroatoms. The summed E-state index contributed by atoms with van der Waals surface area (Å²) in [6.07, 6.45) is 2.14. The molecule has 0 bridgehead atoms. The van der Waals surface area contributed by atoms with Crippen LogP contribution in [0.4, 0.5) is 0 Å². The van der Waals surface area contributed by atoms with Crippen LogP contribution < -0.4 is 0 Å². The van der Waals surface area contributed by atoms with Crippen LogP contribution >= 0.6 is 11.3 Å². The molecule has 2 amide bonds. The molecule has 1 aliphatic heterocycles. The minimum atomic E-state index is -0.188. The van der Waals surface area contributed by atoms with Crippen molar-refractivity contribution >= 4 is 23.2 Å². The molecule has 0 fully saturated rings. The predicted octanol–water partition coefficient (Wildman–Crippen LogP) is 1.99. The Kier molecular flexibility index (Phi) is 2.92. The van der Waals surface area contributed by atoms with E-state index in [4.69, 9.17) is 0 Å². The van der Waals surface area contributed by atoms with Gasteiger partial charge >= 0.3 is 0 Å². The van der Waals surface area contributed by atoms with E-state index in [0.717, 1.165) is 6.42 Å². The average Bonchev–Trinajstić information content (AvgIpc) is 2.77. The lowest BCUT2D eigenvalue weighted by atomic mass is 10.2. The Morgan fingerprint density at radius 3 is 2.69 bits per heavy atom. The van der Waals surface area contributed by atoms with Crippen molar-refractivity contribution in [2.45, 2.75) is 26.3 Å². The third-order valence-corrected chi connectivity index (χ3v) is 3.55. The second-order valence-corrected chi connectivity index (χ2v) is 5.01. The zero-order valence-corrected chi connectivity index (χ0v) is 10.1. The van der Waals surface area contributed by atoms with Crippen LogP contribution in [-0.4, -0.2) is 22.8 Å². The summed E-state index contributed by atoms with van der Waals surface area (Å²) in [5.41, 5.74) is 0.531. The van der Waals surface area contributed by atoms with Crippen molar-refractivity contribution in [1.29, 1.82) is 0 Å². The maximum Gasteiger partial charge on any atom is 0.256 e. The third kappa shape index (κ3) is 1.93. The first kappa shape index (κ1) is 11.1. The number of imide groups is 1. The molecule has 3 nitrogen and oxygen atoms in total. The third-order valence-electron chi connectivity index (χ3n) is 2.65. The maximum atomic E-state index is 11.7. The largest absolute Gasteiger partial charge is 0.272 e. The van der Waals surface area contributed by atoms with Gasteiger partial charge in [-0.2, -0.15) is 0 Å². The summed E-state index contributed by atoms with van der Waals surface area (Å²) in [5.74, 6) is -0.347. The Bertz CT molecular complexity index is 448. The maximum absolute atomic E-state index is 11.7. The molecule has 1 atom stereocenters. The summed E-state index contributed by atoms with van der Waals surface area (Å²) in [6, 6.07) is 3.92. The Morgan fingerprint density at radius 2 is 2.19 bits per heavy atom. The number of hydrogen-bond acceptors (Lipinski definition) is 3. The molecular formula is C12H13NO2S. The summed E-state index contributed by atoms with van der Waals surface area (Å²) in [4.78, 5) is 25.9. The molecule has 16 heavy (non-hydrogen) atoms. The Morgan fingerprint density at radius 1 is 1.44 bits per heavy atom. The molecule has 0 aliphatic carbocycles. The molecule has 2 heterocycles. The van der Waals surface area contributed by atoms with E-state index in [1.54, 1.807) is 18.3 Å². The molecule has 0 aromatic carbocycles. The van der Waals surface area contributed by atoms with E-state index in [2.05, 4.69) is 0 Å². The van der Waals surface area contributed by atoms with Crippen LogP contribution in [0.1, 0.15) is 18.7 Å². The van der Waals surface area contributed by atoms with Gasteiger partial charge in [0.25, 0.3) is 11.8 Å². The predicted molar refractivity (Wildman–Crippen MR) is 63.1 cm³/mol. The molecule has 0 radical (unpaired) electrons. The highest BCUT2D eigenvalue weighted by molar-refractivity contribution is 7.09. The van der Waals surface area contributed by atoms with Crippen molar-refractivity contribution < 1.29 is 9.59 Å². The molecule has 2 rings (SSSR count). The van der Waals surface area contributed by atoms with Crippen LogP contribution in [0.5, 0.6) is 0 Å². The van der Waals surface area contributed by atoms with Gasteiger partial charge in [-0.15, -0.1) is 11.3 Å². The van der Waals surface area contributed by atoms with E-state index >= 15 is 0 Å². The minimum Gasteiger partial charge on any atom is -0.272 e. The van der Waals surface area contributed by atoms with Gasteiger partial charge in [0.2, 0.25) is 0 Å². The van der Waals surface area contributed by atoms with Crippen LogP contribution in [-0.2, 0) is 16.0 Å². The van der Waals surface area contributed by atoms with Gasteiger partial charge in [0.05, 0.1) is 0 Å². The van der Waals surface area contributed by atoms with Gasteiger partial charge in [0, 0.05) is 29.0 Å². The van der Waals surface area contributed by atoms with Crippen molar-refractivity contribution in [3.63, 3.8) is 0 Å². The van der Waals surface area contributed by atoms with E-state index in [9.17, 15) is 9.59 Å². The summed E-state index contributed by atoms with van der Waals surface area (Å²) >= 11 is 1.65. The fraction of sp³-hybridized carbons (Fsp3) is 0.333. The lowest BCUT2D eigenvalue weighted by molar-refractivity contribution is -0.139. The van der Waals surface area contributed by atoms with Crippen molar-refractivity contribution in [2.24, 2.45) is 0 Å². The van der Waals surface area contributed by atoms with E-state index < -0.39 is 0 Å². The Balaban J connectivity index is 2.09. The van der Waals surface area contributed by atoms with E-state index in [0.29, 0.717) is 5.57 Å². The van der Waals surface area contributed by atoms with Crippen molar-refractivity contribution in [1.82, 2.24) is 4.90 Å². The van der Waals surface area contributed by atoms with E-state index in [1.165, 1.54) is 15.9 Å². The highest BCUT2D eigenvalue weighted by Crippen LogP contribution is 2.19. The normalized spacial score (nSPS) is 17.9. The smallest absolute Gasteiger partial charge is 0.256 e. The molecule has 1 aliphatic rings. The Labute approximate surface area is 98.4 Å². The topological polar surface area (TPSA) is 37.4 Å². The number of carbonyl (C=O) groups is 2. The summed E-state index contributed by atoms with van der Waals surface area (Å²) in [7, 11) is 0. The highest BCUT2D eigenvalue weighted by atomic mass is 32.1. The average molecular weight is 235 g/mol. The fourth-order valence-electron chi connectivity index (χ4n) is 1.84. The van der Waals surface area contributed by atoms with Gasteiger partial charge in [-0.05, 0) is 25.3 Å². The molecular weight excluding hydrogens is 222 g/mol. The molecule has 0 saturated heterocycles. The number of carbonyl (C=O) groups excluding carboxylic acids is 2. The molecule has 0 spiro atoms. The van der Waals surface area contributed by atoms with Gasteiger partial charge in [-0.25, -0.2) is 0 Å². The molecule has 1 aromatic rings. The van der Waals surface area contributed by atoms with Crippen LogP contribution in [0.3, 0.4) is 0 Å². The first-order valence-electron chi connectivity index (χ1n) is 5.18. The second-order valence-electron chi connectivity index (χ2n) is 3.97. The number of thiophene rings is 1. The fourth-order valence-corrected chi connectivity index (χ4v) is 2.66. The van der Waals surface area contributed by atoms with Crippen LogP contribution in [0.15, 0.2) is 29.2 Å². The van der Waals surface area contributed by atoms with Crippen molar-refractivity contribution in [3.8, 4) is 0 Å². The van der Waals surface area contributed by atoms with Crippen LogP contribution in [0.25, 0.3) is 0 Å². The van der Waals surface area contributed by atoms with Crippen LogP contribution in [0.2, 0.25) is 0 Å². The number of rotatable bonds is 3. The first-order valence-corrected chi connectivity index (χ1v) is 6.05. The van der Waals surface area contributed by atoms with Gasteiger partial charge in [0.15, 0.2) is 0 Å². The summed E-state index contributed by atoms with van der Waals surface area (Å²) < 4.78 is 0. The quantitative estimate of drug-likeness (QED) is 0.751. The molecule has 0 saturated carbocycles. The van der Waals surface area contributed by atoms with E-state index in [-0.39, 0.29) is 17.9 Å². The first-order chi connectivity index (χ1) is 7.59. The number of amides is 2. The van der Waals surface area contributed by atoms with Crippen molar-refractivity contribution in [2.75, 3.05) is 0 Å². The van der Waals surface area contributed by atoms with Crippen molar-refractivity contribution in [3.05, 3.63) is 34.0 Å². The van der Waals surface area contributed by atoms with Gasteiger partial charge in [-0.1, -0.05) is 6.07 Å².